The van der Waals surface area contributed by atoms with Gasteiger partial charge in [-0.15, -0.1) is 0 Å². The summed E-state index contributed by atoms with van der Waals surface area (Å²) in [5.41, 5.74) is 3.42. The molecule has 8 nitrogen and oxygen atoms in total. The monoisotopic (exact) mass is 402 g/mol. The smallest absolute Gasteiger partial charge is 0.259 e. The van der Waals surface area contributed by atoms with Crippen LogP contribution in [0.25, 0.3) is 0 Å². The first-order valence-corrected chi connectivity index (χ1v) is 8.67. The number of rotatable bonds is 7. The summed E-state index contributed by atoms with van der Waals surface area (Å²) in [6, 6.07) is 13.0. The Morgan fingerprint density at radius 1 is 0.929 bits per heavy atom. The normalized spacial score (nSPS) is 10.9. The van der Waals surface area contributed by atoms with Gasteiger partial charge < -0.3 is 15.7 Å². The minimum Gasteiger partial charge on any atom is -0.507 e. The number of phenolic OH excluding ortho intramolecular Hbond substituents is 1. The predicted octanol–water partition coefficient (Wildman–Crippen LogP) is 1.43. The fraction of sp³-hybridized carbons (Fsp3) is 0.158. The molecule has 0 aromatic heterocycles. The maximum absolute atomic E-state index is 12.0. The van der Waals surface area contributed by atoms with E-state index in [1.54, 1.807) is 43.3 Å². The molecule has 28 heavy (non-hydrogen) atoms. The van der Waals surface area contributed by atoms with Gasteiger partial charge in [-0.3, -0.25) is 14.4 Å². The highest BCUT2D eigenvalue weighted by Crippen LogP contribution is 2.16. The van der Waals surface area contributed by atoms with Gasteiger partial charge in [-0.25, -0.2) is 5.43 Å². The Hall–Kier alpha value is -3.39. The van der Waals surface area contributed by atoms with Crippen molar-refractivity contribution in [1.82, 2.24) is 16.1 Å². The van der Waals surface area contributed by atoms with E-state index < -0.39 is 17.7 Å². The number of phenols is 1. The first-order valence-electron chi connectivity index (χ1n) is 8.29. The van der Waals surface area contributed by atoms with Crippen molar-refractivity contribution in [3.8, 4) is 5.75 Å². The number of halogens is 1. The summed E-state index contributed by atoms with van der Waals surface area (Å²) in [7, 11) is 0. The number of aromatic hydroxyl groups is 1. The van der Waals surface area contributed by atoms with Crippen molar-refractivity contribution >= 4 is 35.0 Å². The lowest BCUT2D eigenvalue weighted by molar-refractivity contribution is -0.125. The van der Waals surface area contributed by atoms with E-state index in [0.29, 0.717) is 11.3 Å². The first-order chi connectivity index (χ1) is 13.4. The van der Waals surface area contributed by atoms with Crippen LogP contribution in [-0.4, -0.2) is 41.6 Å². The van der Waals surface area contributed by atoms with Crippen LogP contribution in [0.3, 0.4) is 0 Å². The Morgan fingerprint density at radius 3 is 2.21 bits per heavy atom. The molecular weight excluding hydrogens is 384 g/mol. The zero-order valence-electron chi connectivity index (χ0n) is 15.0. The molecule has 9 heteroatoms. The second-order valence-corrected chi connectivity index (χ2v) is 6.10. The summed E-state index contributed by atoms with van der Waals surface area (Å²) in [5.74, 6) is -1.55. The van der Waals surface area contributed by atoms with Crippen molar-refractivity contribution in [2.24, 2.45) is 5.10 Å². The average Bonchev–Trinajstić information content (AvgIpc) is 2.69. The Labute approximate surface area is 166 Å². The molecule has 4 N–H and O–H groups in total. The molecule has 0 radical (unpaired) electrons. The molecule has 0 bridgehead atoms. The first kappa shape index (κ1) is 20.9. The minimum atomic E-state index is -0.555. The van der Waals surface area contributed by atoms with E-state index in [9.17, 15) is 19.5 Å². The molecule has 0 aliphatic heterocycles. The van der Waals surface area contributed by atoms with E-state index in [0.717, 1.165) is 0 Å². The highest BCUT2D eigenvalue weighted by Gasteiger charge is 2.11. The molecule has 0 unspecified atom stereocenters. The molecule has 146 valence electrons. The summed E-state index contributed by atoms with van der Waals surface area (Å²) >= 11 is 5.91. The van der Waals surface area contributed by atoms with Crippen LogP contribution >= 0.6 is 11.6 Å². The quantitative estimate of drug-likeness (QED) is 0.413. The van der Waals surface area contributed by atoms with Crippen molar-refractivity contribution in [2.75, 3.05) is 13.1 Å². The third kappa shape index (κ3) is 6.10. The lowest BCUT2D eigenvalue weighted by atomic mass is 10.1. The Morgan fingerprint density at radius 2 is 1.54 bits per heavy atom. The lowest BCUT2D eigenvalue weighted by Crippen LogP contribution is -2.41. The number of nitrogens with one attached hydrogen (secondary N) is 3. The summed E-state index contributed by atoms with van der Waals surface area (Å²) in [5, 5.41) is 18.7. The maximum atomic E-state index is 12.0. The van der Waals surface area contributed by atoms with Gasteiger partial charge in [0.05, 0.1) is 29.4 Å². The SMILES string of the molecule is C/C(=N/NC(=O)CNC(=O)CNC(=O)c1ccccc1Cl)c1ccccc1O. The molecule has 0 heterocycles. The number of hydrazone groups is 1. The summed E-state index contributed by atoms with van der Waals surface area (Å²) in [6.45, 7) is 0.994. The minimum absolute atomic E-state index is 0.0422. The molecule has 0 saturated carbocycles. The van der Waals surface area contributed by atoms with Crippen LogP contribution in [0.1, 0.15) is 22.8 Å². The number of carbonyl (C=O) groups excluding carboxylic acids is 3. The number of benzene rings is 2. The molecule has 2 aromatic rings. The van der Waals surface area contributed by atoms with E-state index in [4.69, 9.17) is 11.6 Å². The standard InChI is InChI=1S/C19H19ClN4O4/c1-12(13-6-3-5-9-16(13)25)23-24-18(27)11-21-17(26)10-22-19(28)14-7-2-4-8-15(14)20/h2-9,25H,10-11H2,1H3,(H,21,26)(H,22,28)(H,24,27)/b23-12-. The van der Waals surface area contributed by atoms with Crippen LogP contribution in [-0.2, 0) is 9.59 Å². The molecule has 0 aliphatic carbocycles. The molecule has 0 spiro atoms. The molecule has 2 aromatic carbocycles. The van der Waals surface area contributed by atoms with Crippen molar-refractivity contribution in [2.45, 2.75) is 6.92 Å². The van der Waals surface area contributed by atoms with Gasteiger partial charge in [0.1, 0.15) is 5.75 Å². The highest BCUT2D eigenvalue weighted by molar-refractivity contribution is 6.33. The Balaban J connectivity index is 1.76. The number of nitrogens with zero attached hydrogens (tertiary/aromatic N) is 1. The van der Waals surface area contributed by atoms with Gasteiger partial charge in [0.15, 0.2) is 0 Å². The number of para-hydroxylation sites is 1. The van der Waals surface area contributed by atoms with Crippen LogP contribution in [0.5, 0.6) is 5.75 Å². The number of hydrogen-bond donors (Lipinski definition) is 4. The van der Waals surface area contributed by atoms with E-state index >= 15 is 0 Å². The zero-order valence-corrected chi connectivity index (χ0v) is 15.8. The van der Waals surface area contributed by atoms with E-state index in [1.165, 1.54) is 12.1 Å². The third-order valence-corrected chi connectivity index (χ3v) is 3.95. The third-order valence-electron chi connectivity index (χ3n) is 3.62. The van der Waals surface area contributed by atoms with Gasteiger partial charge in [-0.05, 0) is 31.2 Å². The Kier molecular flexibility index (Phi) is 7.53. The molecule has 0 saturated heterocycles. The topological polar surface area (TPSA) is 120 Å². The second-order valence-electron chi connectivity index (χ2n) is 5.69. The zero-order chi connectivity index (χ0) is 20.5. The molecule has 0 fully saturated rings. The van der Waals surface area contributed by atoms with Crippen LogP contribution in [0.2, 0.25) is 5.02 Å². The van der Waals surface area contributed by atoms with Crippen molar-refractivity contribution in [1.29, 1.82) is 0 Å². The molecule has 0 atom stereocenters. The van der Waals surface area contributed by atoms with E-state index in [-0.39, 0.29) is 29.4 Å². The maximum Gasteiger partial charge on any atom is 0.259 e. The van der Waals surface area contributed by atoms with Crippen LogP contribution in [0, 0.1) is 0 Å². The summed E-state index contributed by atoms with van der Waals surface area (Å²) in [4.78, 5) is 35.5. The van der Waals surface area contributed by atoms with Crippen LogP contribution in [0.4, 0.5) is 0 Å². The van der Waals surface area contributed by atoms with Gasteiger partial charge in [-0.2, -0.15) is 5.10 Å². The second kappa shape index (κ2) is 10.1. The predicted molar refractivity (Wildman–Crippen MR) is 105 cm³/mol. The van der Waals surface area contributed by atoms with Crippen molar-refractivity contribution in [3.63, 3.8) is 0 Å². The molecular formula is C19H19ClN4O4. The van der Waals surface area contributed by atoms with Gasteiger partial charge >= 0.3 is 0 Å². The van der Waals surface area contributed by atoms with E-state index in [2.05, 4.69) is 21.2 Å². The average molecular weight is 403 g/mol. The van der Waals surface area contributed by atoms with Gasteiger partial charge in [0, 0.05) is 5.56 Å². The summed E-state index contributed by atoms with van der Waals surface area (Å²) < 4.78 is 0. The van der Waals surface area contributed by atoms with Crippen LogP contribution < -0.4 is 16.1 Å². The molecule has 3 amide bonds. The fourth-order valence-corrected chi connectivity index (χ4v) is 2.39. The van der Waals surface area contributed by atoms with Crippen molar-refractivity contribution < 1.29 is 19.5 Å². The largest absolute Gasteiger partial charge is 0.507 e. The fourth-order valence-electron chi connectivity index (χ4n) is 2.17. The number of hydrogen-bond acceptors (Lipinski definition) is 5. The lowest BCUT2D eigenvalue weighted by Gasteiger charge is -2.08. The highest BCUT2D eigenvalue weighted by atomic mass is 35.5. The summed E-state index contributed by atoms with van der Waals surface area (Å²) in [6.07, 6.45) is 0. The molecule has 2 rings (SSSR count). The molecule has 0 aliphatic rings. The van der Waals surface area contributed by atoms with Gasteiger partial charge in [-0.1, -0.05) is 35.9 Å². The number of carbonyl (C=O) groups is 3. The van der Waals surface area contributed by atoms with E-state index in [1.807, 2.05) is 0 Å². The van der Waals surface area contributed by atoms with Gasteiger partial charge in [0.2, 0.25) is 5.91 Å². The Bertz CT molecular complexity index is 914. The van der Waals surface area contributed by atoms with Crippen LogP contribution in [0.15, 0.2) is 53.6 Å². The number of amides is 3. The van der Waals surface area contributed by atoms with Gasteiger partial charge in [0.25, 0.3) is 11.8 Å². The van der Waals surface area contributed by atoms with Crippen molar-refractivity contribution in [3.05, 3.63) is 64.7 Å².